The van der Waals surface area contributed by atoms with Crippen LogP contribution in [0.3, 0.4) is 0 Å². The third-order valence-electron chi connectivity index (χ3n) is 1.50. The van der Waals surface area contributed by atoms with E-state index in [9.17, 15) is 9.59 Å². The van der Waals surface area contributed by atoms with Crippen molar-refractivity contribution >= 4 is 17.8 Å². The summed E-state index contributed by atoms with van der Waals surface area (Å²) in [7, 11) is 0. The van der Waals surface area contributed by atoms with Gasteiger partial charge >= 0.3 is 5.97 Å². The second-order valence-corrected chi connectivity index (χ2v) is 2.53. The van der Waals surface area contributed by atoms with E-state index in [0.29, 0.717) is 0 Å². The third kappa shape index (κ3) is 2.43. The van der Waals surface area contributed by atoms with Crippen molar-refractivity contribution in [1.29, 1.82) is 0 Å². The Morgan fingerprint density at radius 3 is 3.08 bits per heavy atom. The lowest BCUT2D eigenvalue weighted by Crippen LogP contribution is -2.45. The first-order chi connectivity index (χ1) is 6.13. The molecular weight excluding hydrogens is 174 g/mol. The number of amides is 1. The number of nitrogens with one attached hydrogen (secondary N) is 1. The molecule has 1 aliphatic rings. The van der Waals surface area contributed by atoms with Crippen LogP contribution in [0.4, 0.5) is 0 Å². The summed E-state index contributed by atoms with van der Waals surface area (Å²) in [5.41, 5.74) is 5.26. The van der Waals surface area contributed by atoms with Gasteiger partial charge in [0.05, 0.1) is 13.0 Å². The van der Waals surface area contributed by atoms with Gasteiger partial charge < -0.3 is 10.5 Å². The SMILES string of the molecule is CCOC(=O)[C@@H]1CC(=O)NC(N)=N1. The standard InChI is InChI=1S/C7H11N3O3/c1-2-13-6(12)4-3-5(11)10-7(8)9-4/h4H,2-3H2,1H3,(H3,8,9,10,11)/t4-/m0/s1. The Morgan fingerprint density at radius 2 is 2.54 bits per heavy atom. The maximum atomic E-state index is 11.1. The second-order valence-electron chi connectivity index (χ2n) is 2.53. The number of nitrogens with zero attached hydrogens (tertiary/aromatic N) is 1. The van der Waals surface area contributed by atoms with E-state index in [1.807, 2.05) is 0 Å². The summed E-state index contributed by atoms with van der Waals surface area (Å²) in [5.74, 6) is -0.861. The largest absolute Gasteiger partial charge is 0.464 e. The lowest BCUT2D eigenvalue weighted by molar-refractivity contribution is -0.146. The molecule has 13 heavy (non-hydrogen) atoms. The molecule has 0 spiro atoms. The molecule has 72 valence electrons. The number of guanidine groups is 1. The molecule has 3 N–H and O–H groups in total. The predicted octanol–water partition coefficient (Wildman–Crippen LogP) is -1.25. The maximum absolute atomic E-state index is 11.1. The van der Waals surface area contributed by atoms with Gasteiger partial charge in [0.25, 0.3) is 0 Å². The molecule has 1 atom stereocenters. The normalized spacial score (nSPS) is 21.8. The zero-order chi connectivity index (χ0) is 9.84. The lowest BCUT2D eigenvalue weighted by Gasteiger charge is -2.16. The second kappa shape index (κ2) is 3.88. The highest BCUT2D eigenvalue weighted by Crippen LogP contribution is 2.04. The Bertz CT molecular complexity index is 262. The van der Waals surface area contributed by atoms with Crippen molar-refractivity contribution in [2.24, 2.45) is 10.7 Å². The van der Waals surface area contributed by atoms with Crippen molar-refractivity contribution < 1.29 is 14.3 Å². The molecule has 6 heteroatoms. The van der Waals surface area contributed by atoms with Gasteiger partial charge in [-0.25, -0.2) is 9.79 Å². The fourth-order valence-electron chi connectivity index (χ4n) is 0.990. The van der Waals surface area contributed by atoms with Crippen LogP contribution in [0.2, 0.25) is 0 Å². The number of nitrogens with two attached hydrogens (primary N) is 1. The van der Waals surface area contributed by atoms with Crippen LogP contribution >= 0.6 is 0 Å². The molecule has 0 aliphatic carbocycles. The van der Waals surface area contributed by atoms with E-state index in [4.69, 9.17) is 10.5 Å². The van der Waals surface area contributed by atoms with E-state index in [0.717, 1.165) is 0 Å². The molecular formula is C7H11N3O3. The molecule has 0 aromatic heterocycles. The molecule has 0 unspecified atom stereocenters. The van der Waals surface area contributed by atoms with Crippen LogP contribution in [0.25, 0.3) is 0 Å². The van der Waals surface area contributed by atoms with Crippen molar-refractivity contribution in [3.8, 4) is 0 Å². The molecule has 0 aromatic carbocycles. The Hall–Kier alpha value is -1.59. The van der Waals surface area contributed by atoms with E-state index < -0.39 is 12.0 Å². The van der Waals surface area contributed by atoms with Crippen LogP contribution in [-0.4, -0.2) is 30.5 Å². The average molecular weight is 185 g/mol. The Morgan fingerprint density at radius 1 is 1.85 bits per heavy atom. The first-order valence-electron chi connectivity index (χ1n) is 3.93. The third-order valence-corrected chi connectivity index (χ3v) is 1.50. The Labute approximate surface area is 75.1 Å². The van der Waals surface area contributed by atoms with Crippen LogP contribution < -0.4 is 11.1 Å². The number of esters is 1. The number of carbonyl (C=O) groups is 2. The number of carbonyl (C=O) groups excluding carboxylic acids is 2. The number of hydrogen-bond acceptors (Lipinski definition) is 5. The molecule has 0 aromatic rings. The fraction of sp³-hybridized carbons (Fsp3) is 0.571. The maximum Gasteiger partial charge on any atom is 0.331 e. The molecule has 0 saturated carbocycles. The van der Waals surface area contributed by atoms with E-state index in [1.165, 1.54) is 0 Å². The van der Waals surface area contributed by atoms with Crippen molar-refractivity contribution in [3.63, 3.8) is 0 Å². The molecule has 1 rings (SSSR count). The molecule has 1 aliphatic heterocycles. The summed E-state index contributed by atoms with van der Waals surface area (Å²) in [6.07, 6.45) is -0.000463. The summed E-state index contributed by atoms with van der Waals surface area (Å²) < 4.78 is 4.70. The number of ether oxygens (including phenoxy) is 1. The highest BCUT2D eigenvalue weighted by Gasteiger charge is 2.26. The van der Waals surface area contributed by atoms with Gasteiger partial charge in [-0.05, 0) is 6.92 Å². The summed E-state index contributed by atoms with van der Waals surface area (Å²) in [5, 5.41) is 2.29. The van der Waals surface area contributed by atoms with Crippen LogP contribution in [0.5, 0.6) is 0 Å². The topological polar surface area (TPSA) is 93.8 Å². The van der Waals surface area contributed by atoms with Crippen LogP contribution in [0.15, 0.2) is 4.99 Å². The highest BCUT2D eigenvalue weighted by molar-refractivity contribution is 6.01. The molecule has 0 bridgehead atoms. The average Bonchev–Trinajstić information content (AvgIpc) is 2.03. The summed E-state index contributed by atoms with van der Waals surface area (Å²) in [4.78, 5) is 25.8. The van der Waals surface area contributed by atoms with Gasteiger partial charge in [0.2, 0.25) is 5.91 Å². The van der Waals surface area contributed by atoms with Gasteiger partial charge in [-0.3, -0.25) is 10.1 Å². The van der Waals surface area contributed by atoms with E-state index in [2.05, 4.69) is 10.3 Å². The van der Waals surface area contributed by atoms with Gasteiger partial charge in [-0.2, -0.15) is 0 Å². The first-order valence-corrected chi connectivity index (χ1v) is 3.93. The van der Waals surface area contributed by atoms with Crippen LogP contribution in [0, 0.1) is 0 Å². The molecule has 6 nitrogen and oxygen atoms in total. The zero-order valence-corrected chi connectivity index (χ0v) is 7.24. The number of hydrogen-bond donors (Lipinski definition) is 2. The Balaban J connectivity index is 2.64. The van der Waals surface area contributed by atoms with Crippen molar-refractivity contribution in [3.05, 3.63) is 0 Å². The molecule has 1 heterocycles. The van der Waals surface area contributed by atoms with Gasteiger partial charge in [0, 0.05) is 0 Å². The van der Waals surface area contributed by atoms with Crippen molar-refractivity contribution in [1.82, 2.24) is 5.32 Å². The molecule has 0 saturated heterocycles. The van der Waals surface area contributed by atoms with Gasteiger partial charge in [0.15, 0.2) is 12.0 Å². The van der Waals surface area contributed by atoms with Crippen molar-refractivity contribution in [2.45, 2.75) is 19.4 Å². The van der Waals surface area contributed by atoms with Crippen LogP contribution in [0.1, 0.15) is 13.3 Å². The van der Waals surface area contributed by atoms with Gasteiger partial charge in [-0.1, -0.05) is 0 Å². The summed E-state index contributed by atoms with van der Waals surface area (Å²) in [6.45, 7) is 1.96. The fourth-order valence-corrected chi connectivity index (χ4v) is 0.990. The monoisotopic (exact) mass is 185 g/mol. The smallest absolute Gasteiger partial charge is 0.331 e. The number of rotatable bonds is 2. The highest BCUT2D eigenvalue weighted by atomic mass is 16.5. The molecule has 1 amide bonds. The molecule has 0 radical (unpaired) electrons. The van der Waals surface area contributed by atoms with Gasteiger partial charge in [0.1, 0.15) is 0 Å². The quantitative estimate of drug-likeness (QED) is 0.526. The van der Waals surface area contributed by atoms with E-state index in [-0.39, 0.29) is 24.9 Å². The minimum Gasteiger partial charge on any atom is -0.464 e. The molecule has 0 fully saturated rings. The Kier molecular flexibility index (Phi) is 2.84. The van der Waals surface area contributed by atoms with Crippen molar-refractivity contribution in [2.75, 3.05) is 6.61 Å². The lowest BCUT2D eigenvalue weighted by atomic mass is 10.2. The zero-order valence-electron chi connectivity index (χ0n) is 7.24. The van der Waals surface area contributed by atoms with E-state index in [1.54, 1.807) is 6.92 Å². The first kappa shape index (κ1) is 9.50. The minimum atomic E-state index is -0.784. The summed E-state index contributed by atoms with van der Waals surface area (Å²) >= 11 is 0. The number of aliphatic imine (C=N–C) groups is 1. The van der Waals surface area contributed by atoms with E-state index >= 15 is 0 Å². The van der Waals surface area contributed by atoms with Gasteiger partial charge in [-0.15, -0.1) is 0 Å². The summed E-state index contributed by atoms with van der Waals surface area (Å²) in [6, 6.07) is -0.784. The minimum absolute atomic E-state index is 0.000463. The predicted molar refractivity (Wildman–Crippen MR) is 44.8 cm³/mol. The van der Waals surface area contributed by atoms with Crippen LogP contribution in [-0.2, 0) is 14.3 Å².